The van der Waals surface area contributed by atoms with E-state index in [1.165, 1.54) is 16.7 Å². The molecule has 2 amide bonds. The molecule has 1 spiro atoms. The molecule has 4 aliphatic rings. The third kappa shape index (κ3) is 1.65. The van der Waals surface area contributed by atoms with Crippen LogP contribution in [0.25, 0.3) is 0 Å². The normalized spacial score (nSPS) is 36.7. The van der Waals surface area contributed by atoms with Gasteiger partial charge in [0, 0.05) is 17.9 Å². The lowest BCUT2D eigenvalue weighted by atomic mass is 9.94. The highest BCUT2D eigenvalue weighted by molar-refractivity contribution is 9.10. The first-order valence-corrected chi connectivity index (χ1v) is 9.75. The molecule has 9 heteroatoms. The van der Waals surface area contributed by atoms with E-state index in [0.717, 1.165) is 10.0 Å². The van der Waals surface area contributed by atoms with Crippen molar-refractivity contribution in [2.75, 3.05) is 13.8 Å². The Morgan fingerprint density at radius 2 is 2.00 bits per heavy atom. The fourth-order valence-electron chi connectivity index (χ4n) is 4.42. The van der Waals surface area contributed by atoms with E-state index in [0.29, 0.717) is 17.9 Å². The summed E-state index contributed by atoms with van der Waals surface area (Å²) >= 11 is 4.90. The van der Waals surface area contributed by atoms with Gasteiger partial charge in [0.25, 0.3) is 11.8 Å². The van der Waals surface area contributed by atoms with Crippen molar-refractivity contribution in [1.29, 1.82) is 5.26 Å². The molecule has 0 aliphatic carbocycles. The number of nitriles is 1. The van der Waals surface area contributed by atoms with Crippen LogP contribution in [0.15, 0.2) is 16.6 Å². The van der Waals surface area contributed by atoms with E-state index in [1.54, 1.807) is 31.0 Å². The van der Waals surface area contributed by atoms with E-state index in [4.69, 9.17) is 9.47 Å². The predicted octanol–water partition coefficient (Wildman–Crippen LogP) is 2.22. The maximum Gasteiger partial charge on any atom is 0.260 e. The number of rotatable bonds is 1. The van der Waals surface area contributed by atoms with Crippen LogP contribution < -0.4 is 9.47 Å². The number of amides is 2. The number of carbonyl (C=O) groups excluding carboxylic acids is 2. The Morgan fingerprint density at radius 1 is 1.31 bits per heavy atom. The number of hydrogen-bond acceptors (Lipinski definition) is 6. The summed E-state index contributed by atoms with van der Waals surface area (Å²) in [6, 6.07) is 5.40. The second-order valence-electron chi connectivity index (χ2n) is 7.02. The van der Waals surface area contributed by atoms with Gasteiger partial charge in [0.15, 0.2) is 21.2 Å². The van der Waals surface area contributed by atoms with Crippen molar-refractivity contribution in [2.24, 2.45) is 5.92 Å². The first-order chi connectivity index (χ1) is 12.3. The number of piperazine rings is 1. The zero-order valence-electron chi connectivity index (χ0n) is 14.0. The Morgan fingerprint density at radius 3 is 2.69 bits per heavy atom. The number of halogens is 1. The van der Waals surface area contributed by atoms with Gasteiger partial charge < -0.3 is 19.3 Å². The summed E-state index contributed by atoms with van der Waals surface area (Å²) < 4.78 is 11.6. The van der Waals surface area contributed by atoms with Crippen molar-refractivity contribution in [1.82, 2.24) is 9.80 Å². The molecule has 134 valence electrons. The highest BCUT2D eigenvalue weighted by Crippen LogP contribution is 2.66. The van der Waals surface area contributed by atoms with Gasteiger partial charge in [-0.3, -0.25) is 9.59 Å². The van der Waals surface area contributed by atoms with Crippen molar-refractivity contribution in [3.8, 4) is 17.6 Å². The molecule has 1 aromatic carbocycles. The van der Waals surface area contributed by atoms with Crippen LogP contribution in [0.3, 0.4) is 0 Å². The predicted molar refractivity (Wildman–Crippen MR) is 95.1 cm³/mol. The Kier molecular flexibility index (Phi) is 3.05. The summed E-state index contributed by atoms with van der Waals surface area (Å²) in [5.41, 5.74) is 0.762. The monoisotopic (exact) mass is 435 g/mol. The van der Waals surface area contributed by atoms with Crippen LogP contribution in [-0.2, 0) is 9.59 Å². The van der Waals surface area contributed by atoms with Crippen molar-refractivity contribution in [3.63, 3.8) is 0 Å². The molecule has 1 aromatic rings. The van der Waals surface area contributed by atoms with Gasteiger partial charge >= 0.3 is 0 Å². The minimum absolute atomic E-state index is 0.107. The van der Waals surface area contributed by atoms with Crippen molar-refractivity contribution in [3.05, 3.63) is 22.2 Å². The lowest BCUT2D eigenvalue weighted by Gasteiger charge is -2.39. The summed E-state index contributed by atoms with van der Waals surface area (Å²) in [6.07, 6.45) is 0.324. The minimum Gasteiger partial charge on any atom is -0.454 e. The van der Waals surface area contributed by atoms with Crippen LogP contribution in [0.4, 0.5) is 0 Å². The van der Waals surface area contributed by atoms with Gasteiger partial charge in [-0.1, -0.05) is 27.7 Å². The smallest absolute Gasteiger partial charge is 0.260 e. The van der Waals surface area contributed by atoms with Gasteiger partial charge in [0.1, 0.15) is 0 Å². The number of fused-ring (bicyclic) bond motifs is 2. The zero-order chi connectivity index (χ0) is 18.4. The van der Waals surface area contributed by atoms with Gasteiger partial charge in [-0.05, 0) is 24.6 Å². The molecule has 4 atom stereocenters. The second kappa shape index (κ2) is 4.87. The molecule has 4 unspecified atom stereocenters. The summed E-state index contributed by atoms with van der Waals surface area (Å²) in [4.78, 5) is 27.5. The third-order valence-corrected chi connectivity index (χ3v) is 8.19. The largest absolute Gasteiger partial charge is 0.454 e. The standard InChI is InChI=1S/C17H14BrN3O4S/c1-16-14(22)21-13(9-3-11-12(4-10(9)18)25-7-24-11)8(6-19)5-17(21,26-16)15(23)20(16)2/h3-4,8,13H,5,7H2,1-2H3. The number of ether oxygens (including phenoxy) is 2. The Balaban J connectivity index is 1.68. The molecule has 26 heavy (non-hydrogen) atoms. The molecule has 4 heterocycles. The van der Waals surface area contributed by atoms with Crippen LogP contribution in [0.5, 0.6) is 11.5 Å². The summed E-state index contributed by atoms with van der Waals surface area (Å²) in [5, 5.41) is 9.77. The minimum atomic E-state index is -0.999. The maximum absolute atomic E-state index is 13.2. The second-order valence-corrected chi connectivity index (χ2v) is 9.55. The molecule has 0 aromatic heterocycles. The number of hydrogen-bond donors (Lipinski definition) is 0. The molecule has 7 nitrogen and oxygen atoms in total. The van der Waals surface area contributed by atoms with E-state index >= 15 is 0 Å². The summed E-state index contributed by atoms with van der Waals surface area (Å²) in [5.74, 6) is 0.484. The van der Waals surface area contributed by atoms with Gasteiger partial charge in [-0.25, -0.2) is 0 Å². The van der Waals surface area contributed by atoms with E-state index in [-0.39, 0.29) is 18.6 Å². The van der Waals surface area contributed by atoms with Crippen molar-refractivity contribution >= 4 is 39.5 Å². The van der Waals surface area contributed by atoms with E-state index in [2.05, 4.69) is 22.0 Å². The van der Waals surface area contributed by atoms with Crippen LogP contribution in [-0.4, -0.2) is 45.2 Å². The van der Waals surface area contributed by atoms with E-state index in [1.807, 2.05) is 0 Å². The third-order valence-electron chi connectivity index (χ3n) is 5.78. The molecule has 0 saturated carbocycles. The van der Waals surface area contributed by atoms with Gasteiger partial charge in [0.2, 0.25) is 6.79 Å². The average Bonchev–Trinajstić information content (AvgIpc) is 3.29. The van der Waals surface area contributed by atoms with Gasteiger partial charge in [0.05, 0.1) is 18.0 Å². The molecular weight excluding hydrogens is 422 g/mol. The lowest BCUT2D eigenvalue weighted by molar-refractivity contribution is -0.159. The number of likely N-dealkylation sites (N-methyl/N-ethyl adjacent to an activating group) is 1. The Hall–Kier alpha value is -1.92. The van der Waals surface area contributed by atoms with Crippen LogP contribution in [0, 0.1) is 17.2 Å². The first kappa shape index (κ1) is 16.3. The first-order valence-electron chi connectivity index (χ1n) is 8.14. The van der Waals surface area contributed by atoms with Crippen molar-refractivity contribution in [2.45, 2.75) is 29.1 Å². The molecule has 3 fully saturated rings. The highest BCUT2D eigenvalue weighted by Gasteiger charge is 2.76. The molecule has 0 N–H and O–H groups in total. The average molecular weight is 436 g/mol. The van der Waals surface area contributed by atoms with Crippen molar-refractivity contribution < 1.29 is 19.1 Å². The summed E-state index contributed by atoms with van der Waals surface area (Å²) in [7, 11) is 1.66. The maximum atomic E-state index is 13.2. The Labute approximate surface area is 162 Å². The van der Waals surface area contributed by atoms with Crippen LogP contribution >= 0.6 is 27.7 Å². The SMILES string of the molecule is CN1C(=O)C23CC(C#N)C(c4cc5c(cc4Br)OCO5)N2C(=O)C1(C)S3. The van der Waals surface area contributed by atoms with Gasteiger partial charge in [-0.2, -0.15) is 5.26 Å². The molecule has 5 rings (SSSR count). The quantitative estimate of drug-likeness (QED) is 0.672. The van der Waals surface area contributed by atoms with E-state index < -0.39 is 21.7 Å². The topological polar surface area (TPSA) is 82.9 Å². The number of nitrogens with zero attached hydrogens (tertiary/aromatic N) is 3. The fraction of sp³-hybridized carbons (Fsp3) is 0.471. The molecule has 3 saturated heterocycles. The highest BCUT2D eigenvalue weighted by atomic mass is 79.9. The molecule has 2 bridgehead atoms. The number of thioether (sulfide) groups is 1. The Bertz CT molecular complexity index is 933. The van der Waals surface area contributed by atoms with Crippen LogP contribution in [0.1, 0.15) is 24.9 Å². The molecule has 0 radical (unpaired) electrons. The zero-order valence-corrected chi connectivity index (χ0v) is 16.4. The number of benzene rings is 1. The summed E-state index contributed by atoms with van der Waals surface area (Å²) in [6.45, 7) is 1.92. The number of carbonyl (C=O) groups is 2. The fourth-order valence-corrected chi connectivity index (χ4v) is 6.83. The molecule has 4 aliphatic heterocycles. The lowest BCUT2D eigenvalue weighted by Crippen LogP contribution is -2.60. The van der Waals surface area contributed by atoms with Gasteiger partial charge in [-0.15, -0.1) is 0 Å². The van der Waals surface area contributed by atoms with E-state index in [9.17, 15) is 14.9 Å². The molecular formula is C17H14BrN3O4S. The van der Waals surface area contributed by atoms with Crippen LogP contribution in [0.2, 0.25) is 0 Å².